The Bertz CT molecular complexity index is 816. The summed E-state index contributed by atoms with van der Waals surface area (Å²) in [6, 6.07) is 5.39. The Morgan fingerprint density at radius 2 is 2.26 bits per heavy atom. The van der Waals surface area contributed by atoms with E-state index in [2.05, 4.69) is 30.5 Å². The molecule has 3 rings (SSSR count). The number of halogens is 2. The van der Waals surface area contributed by atoms with Crippen LogP contribution in [0.15, 0.2) is 33.8 Å². The van der Waals surface area contributed by atoms with E-state index >= 15 is 0 Å². The molecule has 0 aliphatic heterocycles. The summed E-state index contributed by atoms with van der Waals surface area (Å²) in [6.45, 7) is 0.267. The first-order valence-corrected chi connectivity index (χ1v) is 7.21. The molecule has 19 heavy (non-hydrogen) atoms. The third-order valence-corrected chi connectivity index (χ3v) is 4.09. The fourth-order valence-corrected chi connectivity index (χ4v) is 2.67. The minimum absolute atomic E-state index is 0.129. The van der Waals surface area contributed by atoms with Gasteiger partial charge in [0.15, 0.2) is 0 Å². The minimum Gasteiger partial charge on any atom is -0.292 e. The zero-order valence-electron chi connectivity index (χ0n) is 9.38. The molecule has 0 bridgehead atoms. The fraction of sp³-hybridized carbons (Fsp3) is 0.0909. The Morgan fingerprint density at radius 1 is 1.42 bits per heavy atom. The summed E-state index contributed by atoms with van der Waals surface area (Å²) >= 11 is 10.4. The summed E-state index contributed by atoms with van der Waals surface area (Å²) < 4.78 is 6.54. The van der Waals surface area contributed by atoms with Gasteiger partial charge in [0.05, 0.1) is 23.8 Å². The molecule has 0 N–H and O–H groups in total. The van der Waals surface area contributed by atoms with Crippen molar-refractivity contribution in [2.75, 3.05) is 0 Å². The van der Waals surface area contributed by atoms with Crippen LogP contribution >= 0.6 is 39.1 Å². The second-order valence-electron chi connectivity index (χ2n) is 3.83. The predicted octanol–water partition coefficient (Wildman–Crippen LogP) is 2.71. The smallest absolute Gasteiger partial charge is 0.261 e. The molecule has 0 amide bonds. The quantitative estimate of drug-likeness (QED) is 0.707. The minimum atomic E-state index is -0.129. The van der Waals surface area contributed by atoms with E-state index in [9.17, 15) is 4.79 Å². The van der Waals surface area contributed by atoms with Gasteiger partial charge in [-0.3, -0.25) is 9.36 Å². The molecule has 0 saturated heterocycles. The van der Waals surface area contributed by atoms with E-state index < -0.39 is 0 Å². The lowest BCUT2D eigenvalue weighted by Crippen LogP contribution is -2.21. The molecule has 0 atom stereocenters. The SMILES string of the molecule is O=c1c2cc(Br)ccc2ncn1Cc1nnsc1Cl. The molecule has 0 aliphatic rings. The third kappa shape index (κ3) is 2.41. The second kappa shape index (κ2) is 4.99. The number of benzene rings is 1. The fourth-order valence-electron chi connectivity index (χ4n) is 1.70. The topological polar surface area (TPSA) is 60.7 Å². The molecule has 5 nitrogen and oxygen atoms in total. The van der Waals surface area contributed by atoms with Crippen LogP contribution in [0.3, 0.4) is 0 Å². The van der Waals surface area contributed by atoms with Gasteiger partial charge in [-0.1, -0.05) is 32.0 Å². The van der Waals surface area contributed by atoms with Gasteiger partial charge in [0.2, 0.25) is 0 Å². The van der Waals surface area contributed by atoms with Crippen LogP contribution in [0.5, 0.6) is 0 Å². The lowest BCUT2D eigenvalue weighted by atomic mass is 10.2. The molecule has 0 saturated carbocycles. The maximum atomic E-state index is 12.3. The van der Waals surface area contributed by atoms with Crippen LogP contribution in [0, 0.1) is 0 Å². The van der Waals surface area contributed by atoms with Crippen molar-refractivity contribution in [3.63, 3.8) is 0 Å². The van der Waals surface area contributed by atoms with E-state index in [0.29, 0.717) is 20.9 Å². The Kier molecular flexibility index (Phi) is 3.34. The first-order valence-electron chi connectivity index (χ1n) is 5.26. The highest BCUT2D eigenvalue weighted by molar-refractivity contribution is 9.10. The first-order chi connectivity index (χ1) is 9.15. The van der Waals surface area contributed by atoms with Crippen LogP contribution in [0.4, 0.5) is 0 Å². The Morgan fingerprint density at radius 3 is 3.00 bits per heavy atom. The lowest BCUT2D eigenvalue weighted by molar-refractivity contribution is 0.726. The zero-order valence-corrected chi connectivity index (χ0v) is 12.5. The van der Waals surface area contributed by atoms with Crippen LogP contribution < -0.4 is 5.56 Å². The molecule has 2 heterocycles. The van der Waals surface area contributed by atoms with Crippen molar-refractivity contribution in [1.82, 2.24) is 19.1 Å². The van der Waals surface area contributed by atoms with Crippen molar-refractivity contribution in [1.29, 1.82) is 0 Å². The van der Waals surface area contributed by atoms with E-state index in [1.165, 1.54) is 10.9 Å². The lowest BCUT2D eigenvalue weighted by Gasteiger charge is -2.05. The van der Waals surface area contributed by atoms with Crippen molar-refractivity contribution < 1.29 is 0 Å². The highest BCUT2D eigenvalue weighted by Crippen LogP contribution is 2.18. The molecule has 3 aromatic rings. The molecular weight excluding hydrogens is 352 g/mol. The molecule has 0 unspecified atom stereocenters. The summed E-state index contributed by atoms with van der Waals surface area (Å²) in [5.41, 5.74) is 1.10. The van der Waals surface area contributed by atoms with E-state index in [1.54, 1.807) is 12.1 Å². The molecule has 96 valence electrons. The monoisotopic (exact) mass is 356 g/mol. The molecule has 0 radical (unpaired) electrons. The van der Waals surface area contributed by atoms with Crippen molar-refractivity contribution in [3.05, 3.63) is 49.4 Å². The molecular formula is C11H6BrClN4OS. The summed E-state index contributed by atoms with van der Waals surface area (Å²) in [6.07, 6.45) is 1.49. The number of aromatic nitrogens is 4. The van der Waals surface area contributed by atoms with Gasteiger partial charge in [-0.2, -0.15) is 0 Å². The van der Waals surface area contributed by atoms with Crippen LogP contribution in [-0.2, 0) is 6.54 Å². The van der Waals surface area contributed by atoms with E-state index in [1.807, 2.05) is 6.07 Å². The number of nitrogens with zero attached hydrogens (tertiary/aromatic N) is 4. The predicted molar refractivity (Wildman–Crippen MR) is 77.7 cm³/mol. The van der Waals surface area contributed by atoms with Crippen molar-refractivity contribution in [2.24, 2.45) is 0 Å². The first kappa shape index (κ1) is 12.7. The molecule has 0 aliphatic carbocycles. The van der Waals surface area contributed by atoms with Gasteiger partial charge < -0.3 is 0 Å². The summed E-state index contributed by atoms with van der Waals surface area (Å²) in [5.74, 6) is 0. The van der Waals surface area contributed by atoms with Gasteiger partial charge in [-0.15, -0.1) is 5.10 Å². The molecule has 8 heteroatoms. The summed E-state index contributed by atoms with van der Waals surface area (Å²) in [5, 5.41) is 4.44. The second-order valence-corrected chi connectivity index (χ2v) is 6.10. The maximum Gasteiger partial charge on any atom is 0.261 e. The number of rotatable bonds is 2. The molecule has 0 fully saturated rings. The molecule has 0 spiro atoms. The largest absolute Gasteiger partial charge is 0.292 e. The maximum absolute atomic E-state index is 12.3. The van der Waals surface area contributed by atoms with Gasteiger partial charge in [0, 0.05) is 16.0 Å². The highest BCUT2D eigenvalue weighted by atomic mass is 79.9. The van der Waals surface area contributed by atoms with Gasteiger partial charge in [-0.25, -0.2) is 4.98 Å². The summed E-state index contributed by atoms with van der Waals surface area (Å²) in [4.78, 5) is 16.6. The third-order valence-electron chi connectivity index (χ3n) is 2.62. The van der Waals surface area contributed by atoms with Crippen molar-refractivity contribution in [2.45, 2.75) is 6.54 Å². The van der Waals surface area contributed by atoms with E-state index in [0.717, 1.165) is 16.0 Å². The Balaban J connectivity index is 2.13. The summed E-state index contributed by atoms with van der Waals surface area (Å²) in [7, 11) is 0. The van der Waals surface area contributed by atoms with E-state index in [-0.39, 0.29) is 12.1 Å². The molecule has 2 aromatic heterocycles. The molecule has 1 aromatic carbocycles. The number of fused-ring (bicyclic) bond motifs is 1. The Labute approximate surface area is 125 Å². The zero-order chi connectivity index (χ0) is 13.4. The van der Waals surface area contributed by atoms with Crippen LogP contribution in [0.25, 0.3) is 10.9 Å². The van der Waals surface area contributed by atoms with E-state index in [4.69, 9.17) is 11.6 Å². The van der Waals surface area contributed by atoms with Crippen LogP contribution in [-0.4, -0.2) is 19.1 Å². The average molecular weight is 358 g/mol. The normalized spacial score (nSPS) is 11.1. The highest BCUT2D eigenvalue weighted by Gasteiger charge is 2.09. The van der Waals surface area contributed by atoms with Gasteiger partial charge in [0.1, 0.15) is 10.0 Å². The van der Waals surface area contributed by atoms with Crippen molar-refractivity contribution >= 4 is 50.0 Å². The Hall–Kier alpha value is -1.31. The van der Waals surface area contributed by atoms with Gasteiger partial charge in [0.25, 0.3) is 5.56 Å². The van der Waals surface area contributed by atoms with Gasteiger partial charge >= 0.3 is 0 Å². The number of hydrogen-bond donors (Lipinski definition) is 0. The van der Waals surface area contributed by atoms with Gasteiger partial charge in [-0.05, 0) is 18.2 Å². The van der Waals surface area contributed by atoms with Crippen LogP contribution in [0.2, 0.25) is 4.34 Å². The number of hydrogen-bond acceptors (Lipinski definition) is 5. The standard InChI is InChI=1S/C11H6BrClN4OS/c12-6-1-2-8-7(3-6)11(18)17(5-14-8)4-9-10(13)19-16-15-9/h1-3,5H,4H2. The van der Waals surface area contributed by atoms with Crippen LogP contribution in [0.1, 0.15) is 5.69 Å². The van der Waals surface area contributed by atoms with Crippen molar-refractivity contribution in [3.8, 4) is 0 Å². The average Bonchev–Trinajstić information content (AvgIpc) is 2.79.